The van der Waals surface area contributed by atoms with Crippen LogP contribution in [0.5, 0.6) is 5.75 Å². The van der Waals surface area contributed by atoms with E-state index in [1.54, 1.807) is 17.0 Å². The Labute approximate surface area is 153 Å². The van der Waals surface area contributed by atoms with Crippen LogP contribution in [0.25, 0.3) is 0 Å². The molecule has 1 N–H and O–H groups in total. The Morgan fingerprint density at radius 1 is 0.962 bits per heavy atom. The highest BCUT2D eigenvalue weighted by Crippen LogP contribution is 2.21. The van der Waals surface area contributed by atoms with Crippen LogP contribution in [0.1, 0.15) is 0 Å². The Kier molecular flexibility index (Phi) is 5.43. The van der Waals surface area contributed by atoms with E-state index in [1.807, 2.05) is 30.3 Å². The minimum Gasteiger partial charge on any atom is -0.497 e. The van der Waals surface area contributed by atoms with Crippen LogP contribution in [0.3, 0.4) is 0 Å². The van der Waals surface area contributed by atoms with Crippen LogP contribution in [0, 0.1) is 0 Å². The van der Waals surface area contributed by atoms with Crippen molar-refractivity contribution < 1.29 is 17.9 Å². The molecule has 0 unspecified atom stereocenters. The molecule has 0 saturated carbocycles. The molecule has 1 fully saturated rings. The van der Waals surface area contributed by atoms with Crippen LogP contribution in [0.2, 0.25) is 0 Å². The number of benzene rings is 2. The molecule has 7 nitrogen and oxygen atoms in total. The molecule has 1 heterocycles. The second kappa shape index (κ2) is 7.76. The van der Waals surface area contributed by atoms with Crippen molar-refractivity contribution in [1.29, 1.82) is 0 Å². The van der Waals surface area contributed by atoms with Crippen molar-refractivity contribution in [1.82, 2.24) is 9.21 Å². The monoisotopic (exact) mass is 375 g/mol. The molecular formula is C18H21N3O4S. The predicted octanol–water partition coefficient (Wildman–Crippen LogP) is 2.23. The number of amides is 2. The van der Waals surface area contributed by atoms with E-state index in [-0.39, 0.29) is 24.0 Å². The molecule has 1 aliphatic rings. The maximum Gasteiger partial charge on any atom is 0.321 e. The lowest BCUT2D eigenvalue weighted by Gasteiger charge is -2.34. The Morgan fingerprint density at radius 3 is 2.15 bits per heavy atom. The molecule has 2 amide bonds. The van der Waals surface area contributed by atoms with Gasteiger partial charge >= 0.3 is 6.03 Å². The van der Waals surface area contributed by atoms with E-state index in [9.17, 15) is 13.2 Å². The van der Waals surface area contributed by atoms with Crippen LogP contribution in [0.4, 0.5) is 10.5 Å². The molecule has 138 valence electrons. The normalized spacial score (nSPS) is 15.5. The maximum atomic E-state index is 12.7. The van der Waals surface area contributed by atoms with Gasteiger partial charge in [0.25, 0.3) is 0 Å². The molecule has 2 aromatic rings. The fourth-order valence-corrected chi connectivity index (χ4v) is 4.17. The number of para-hydroxylation sites is 1. The lowest BCUT2D eigenvalue weighted by molar-refractivity contribution is 0.184. The van der Waals surface area contributed by atoms with E-state index in [4.69, 9.17) is 4.74 Å². The third kappa shape index (κ3) is 3.97. The molecular weight excluding hydrogens is 354 g/mol. The van der Waals surface area contributed by atoms with E-state index in [0.717, 1.165) is 0 Å². The SMILES string of the molecule is COc1ccc(S(=O)(=O)N2CCN(C(=O)Nc3ccccc3)CC2)cc1. The number of piperazine rings is 1. The molecule has 1 aliphatic heterocycles. The minimum absolute atomic E-state index is 0.223. The Bertz CT molecular complexity index is 846. The summed E-state index contributed by atoms with van der Waals surface area (Å²) >= 11 is 0. The summed E-state index contributed by atoms with van der Waals surface area (Å²) in [4.78, 5) is 14.1. The van der Waals surface area contributed by atoms with E-state index < -0.39 is 10.0 Å². The van der Waals surface area contributed by atoms with Gasteiger partial charge in [0.1, 0.15) is 5.75 Å². The molecule has 8 heteroatoms. The van der Waals surface area contributed by atoms with Gasteiger partial charge in [0.2, 0.25) is 10.0 Å². The summed E-state index contributed by atoms with van der Waals surface area (Å²) in [5, 5.41) is 2.81. The van der Waals surface area contributed by atoms with E-state index in [0.29, 0.717) is 24.5 Å². The quantitative estimate of drug-likeness (QED) is 0.889. The van der Waals surface area contributed by atoms with E-state index >= 15 is 0 Å². The number of urea groups is 1. The number of hydrogen-bond acceptors (Lipinski definition) is 4. The molecule has 26 heavy (non-hydrogen) atoms. The Morgan fingerprint density at radius 2 is 1.58 bits per heavy atom. The molecule has 0 bridgehead atoms. The average molecular weight is 375 g/mol. The van der Waals surface area contributed by atoms with Crippen LogP contribution in [-0.2, 0) is 10.0 Å². The summed E-state index contributed by atoms with van der Waals surface area (Å²) in [6.45, 7) is 1.20. The number of nitrogens with zero attached hydrogens (tertiary/aromatic N) is 2. The summed E-state index contributed by atoms with van der Waals surface area (Å²) in [5.41, 5.74) is 0.714. The summed E-state index contributed by atoms with van der Waals surface area (Å²) in [6, 6.07) is 15.3. The second-order valence-electron chi connectivity index (χ2n) is 5.86. The fourth-order valence-electron chi connectivity index (χ4n) is 2.75. The fraction of sp³-hybridized carbons (Fsp3) is 0.278. The molecule has 0 aliphatic carbocycles. The van der Waals surface area contributed by atoms with Crippen LogP contribution >= 0.6 is 0 Å². The summed E-state index contributed by atoms with van der Waals surface area (Å²) in [5.74, 6) is 0.603. The van der Waals surface area contributed by atoms with E-state index in [2.05, 4.69) is 5.32 Å². The van der Waals surface area contributed by atoms with Crippen molar-refractivity contribution >= 4 is 21.7 Å². The number of methoxy groups -OCH3 is 1. The van der Waals surface area contributed by atoms with Gasteiger partial charge < -0.3 is 15.0 Å². The third-order valence-electron chi connectivity index (χ3n) is 4.25. The summed E-state index contributed by atoms with van der Waals surface area (Å²) in [7, 11) is -2.04. The number of sulfonamides is 1. The number of anilines is 1. The first-order chi connectivity index (χ1) is 12.5. The zero-order chi connectivity index (χ0) is 18.6. The number of nitrogens with one attached hydrogen (secondary N) is 1. The van der Waals surface area contributed by atoms with Crippen molar-refractivity contribution in [2.45, 2.75) is 4.90 Å². The van der Waals surface area contributed by atoms with Gasteiger partial charge in [-0.15, -0.1) is 0 Å². The lowest BCUT2D eigenvalue weighted by atomic mass is 10.3. The standard InChI is InChI=1S/C18H21N3O4S/c1-25-16-7-9-17(10-8-16)26(23,24)21-13-11-20(12-14-21)18(22)19-15-5-3-2-4-6-15/h2-10H,11-14H2,1H3,(H,19,22). The zero-order valence-electron chi connectivity index (χ0n) is 14.5. The average Bonchev–Trinajstić information content (AvgIpc) is 2.69. The molecule has 0 spiro atoms. The van der Waals surface area contributed by atoms with Gasteiger partial charge in [-0.3, -0.25) is 0 Å². The topological polar surface area (TPSA) is 79.0 Å². The minimum atomic E-state index is -3.58. The Balaban J connectivity index is 1.61. The molecule has 1 saturated heterocycles. The van der Waals surface area contributed by atoms with Gasteiger partial charge in [0, 0.05) is 31.9 Å². The lowest BCUT2D eigenvalue weighted by Crippen LogP contribution is -2.51. The van der Waals surface area contributed by atoms with Crippen LogP contribution < -0.4 is 10.1 Å². The smallest absolute Gasteiger partial charge is 0.321 e. The number of ether oxygens (including phenoxy) is 1. The van der Waals surface area contributed by atoms with Gasteiger partial charge in [-0.2, -0.15) is 4.31 Å². The van der Waals surface area contributed by atoms with Gasteiger partial charge in [0.15, 0.2) is 0 Å². The Hall–Kier alpha value is -2.58. The largest absolute Gasteiger partial charge is 0.497 e. The van der Waals surface area contributed by atoms with Crippen molar-refractivity contribution in [2.75, 3.05) is 38.6 Å². The number of carbonyl (C=O) groups excluding carboxylic acids is 1. The predicted molar refractivity (Wildman–Crippen MR) is 98.8 cm³/mol. The van der Waals surface area contributed by atoms with Crippen molar-refractivity contribution in [3.05, 3.63) is 54.6 Å². The van der Waals surface area contributed by atoms with Gasteiger partial charge in [-0.25, -0.2) is 13.2 Å². The molecule has 3 rings (SSSR count). The number of carbonyl (C=O) groups is 1. The van der Waals surface area contributed by atoms with E-state index in [1.165, 1.54) is 23.5 Å². The zero-order valence-corrected chi connectivity index (χ0v) is 15.3. The van der Waals surface area contributed by atoms with Crippen molar-refractivity contribution in [3.63, 3.8) is 0 Å². The molecule has 0 atom stereocenters. The van der Waals surface area contributed by atoms with Gasteiger partial charge in [0.05, 0.1) is 12.0 Å². The highest BCUT2D eigenvalue weighted by Gasteiger charge is 2.30. The maximum absolute atomic E-state index is 12.7. The van der Waals surface area contributed by atoms with Crippen LogP contribution in [0.15, 0.2) is 59.5 Å². The van der Waals surface area contributed by atoms with Crippen LogP contribution in [-0.4, -0.2) is 56.9 Å². The van der Waals surface area contributed by atoms with Gasteiger partial charge in [-0.1, -0.05) is 18.2 Å². The highest BCUT2D eigenvalue weighted by atomic mass is 32.2. The number of hydrogen-bond donors (Lipinski definition) is 1. The third-order valence-corrected chi connectivity index (χ3v) is 6.16. The van der Waals surface area contributed by atoms with Crippen molar-refractivity contribution in [2.24, 2.45) is 0 Å². The first-order valence-electron chi connectivity index (χ1n) is 8.26. The summed E-state index contributed by atoms with van der Waals surface area (Å²) < 4.78 is 31.9. The first kappa shape index (κ1) is 18.2. The molecule has 0 aromatic heterocycles. The second-order valence-corrected chi connectivity index (χ2v) is 7.80. The molecule has 2 aromatic carbocycles. The summed E-state index contributed by atoms with van der Waals surface area (Å²) in [6.07, 6.45) is 0. The van der Waals surface area contributed by atoms with Crippen molar-refractivity contribution in [3.8, 4) is 5.75 Å². The highest BCUT2D eigenvalue weighted by molar-refractivity contribution is 7.89. The van der Waals surface area contributed by atoms with Gasteiger partial charge in [-0.05, 0) is 36.4 Å². The number of rotatable bonds is 4. The molecule has 0 radical (unpaired) electrons. The first-order valence-corrected chi connectivity index (χ1v) is 9.70.